The SMILES string of the molecule is CCOc1ccc(/C=N\n2c(COc3ccccc3)nnc2SC)cc1OCC. The van der Waals surface area contributed by atoms with Gasteiger partial charge < -0.3 is 14.2 Å². The molecule has 8 heteroatoms. The number of nitrogens with zero attached hydrogens (tertiary/aromatic N) is 4. The van der Waals surface area contributed by atoms with Crippen molar-refractivity contribution < 1.29 is 14.2 Å². The molecule has 0 radical (unpaired) electrons. The van der Waals surface area contributed by atoms with Crippen LogP contribution in [-0.4, -0.2) is 40.6 Å². The van der Waals surface area contributed by atoms with E-state index >= 15 is 0 Å². The van der Waals surface area contributed by atoms with Gasteiger partial charge in [0.2, 0.25) is 5.16 Å². The van der Waals surface area contributed by atoms with Gasteiger partial charge in [-0.2, -0.15) is 9.78 Å². The number of ether oxygens (including phenoxy) is 3. The van der Waals surface area contributed by atoms with Gasteiger partial charge in [-0.15, -0.1) is 10.2 Å². The van der Waals surface area contributed by atoms with Crippen LogP contribution in [0.25, 0.3) is 0 Å². The topological polar surface area (TPSA) is 70.8 Å². The van der Waals surface area contributed by atoms with E-state index in [4.69, 9.17) is 14.2 Å². The Labute approximate surface area is 174 Å². The zero-order valence-corrected chi connectivity index (χ0v) is 17.6. The molecule has 0 saturated heterocycles. The molecule has 7 nitrogen and oxygen atoms in total. The smallest absolute Gasteiger partial charge is 0.211 e. The lowest BCUT2D eigenvalue weighted by atomic mass is 10.2. The summed E-state index contributed by atoms with van der Waals surface area (Å²) < 4.78 is 18.8. The first-order chi connectivity index (χ1) is 14.2. The van der Waals surface area contributed by atoms with Gasteiger partial charge in [-0.3, -0.25) is 0 Å². The summed E-state index contributed by atoms with van der Waals surface area (Å²) in [6, 6.07) is 15.3. The van der Waals surface area contributed by atoms with Crippen molar-refractivity contribution in [2.45, 2.75) is 25.6 Å². The second kappa shape index (κ2) is 10.5. The molecule has 0 saturated carbocycles. The molecule has 152 valence electrons. The quantitative estimate of drug-likeness (QED) is 0.366. The van der Waals surface area contributed by atoms with Crippen LogP contribution in [0, 0.1) is 0 Å². The Morgan fingerprint density at radius 1 is 0.966 bits per heavy atom. The highest BCUT2D eigenvalue weighted by Gasteiger charge is 2.12. The van der Waals surface area contributed by atoms with Crippen LogP contribution in [0.3, 0.4) is 0 Å². The minimum Gasteiger partial charge on any atom is -0.490 e. The van der Waals surface area contributed by atoms with Crippen LogP contribution in [0.4, 0.5) is 0 Å². The molecule has 29 heavy (non-hydrogen) atoms. The van der Waals surface area contributed by atoms with Crippen molar-refractivity contribution in [2.75, 3.05) is 19.5 Å². The van der Waals surface area contributed by atoms with Crippen LogP contribution < -0.4 is 14.2 Å². The molecule has 0 aliphatic carbocycles. The molecule has 0 atom stereocenters. The standard InChI is InChI=1S/C21H24N4O3S/c1-4-26-18-12-11-16(13-19(18)27-5-2)14-22-25-20(23-24-21(25)29-3)15-28-17-9-7-6-8-10-17/h6-14H,4-5,15H2,1-3H3/b22-14-. The van der Waals surface area contributed by atoms with Gasteiger partial charge in [0.1, 0.15) is 12.4 Å². The number of hydrogen-bond acceptors (Lipinski definition) is 7. The van der Waals surface area contributed by atoms with Gasteiger partial charge >= 0.3 is 0 Å². The Morgan fingerprint density at radius 3 is 2.45 bits per heavy atom. The predicted octanol–water partition coefficient (Wildman–Crippen LogP) is 4.26. The average molecular weight is 413 g/mol. The Morgan fingerprint density at radius 2 is 1.72 bits per heavy atom. The van der Waals surface area contributed by atoms with Gasteiger partial charge in [-0.25, -0.2) is 0 Å². The van der Waals surface area contributed by atoms with Gasteiger partial charge in [-0.05, 0) is 56.0 Å². The third kappa shape index (κ3) is 5.51. The van der Waals surface area contributed by atoms with Crippen LogP contribution in [0.5, 0.6) is 17.2 Å². The Bertz CT molecular complexity index is 944. The molecule has 0 amide bonds. The average Bonchev–Trinajstić information content (AvgIpc) is 3.15. The van der Waals surface area contributed by atoms with Crippen LogP contribution in [-0.2, 0) is 6.61 Å². The van der Waals surface area contributed by atoms with E-state index in [0.717, 1.165) is 17.1 Å². The number of thioether (sulfide) groups is 1. The van der Waals surface area contributed by atoms with Gasteiger partial charge in [0.25, 0.3) is 0 Å². The molecular formula is C21H24N4O3S. The highest BCUT2D eigenvalue weighted by atomic mass is 32.2. The summed E-state index contributed by atoms with van der Waals surface area (Å²) >= 11 is 1.47. The monoisotopic (exact) mass is 412 g/mol. The van der Waals surface area contributed by atoms with Crippen molar-refractivity contribution in [3.8, 4) is 17.2 Å². The molecule has 0 aliphatic rings. The van der Waals surface area contributed by atoms with Crippen molar-refractivity contribution in [1.82, 2.24) is 14.9 Å². The zero-order chi connectivity index (χ0) is 20.5. The van der Waals surface area contributed by atoms with Crippen LogP contribution in [0.15, 0.2) is 58.8 Å². The molecule has 0 spiro atoms. The van der Waals surface area contributed by atoms with Crippen LogP contribution in [0.2, 0.25) is 0 Å². The Kier molecular flexibility index (Phi) is 7.52. The van der Waals surface area contributed by atoms with E-state index in [-0.39, 0.29) is 6.61 Å². The van der Waals surface area contributed by atoms with Crippen molar-refractivity contribution in [3.63, 3.8) is 0 Å². The number of aromatic nitrogens is 3. The maximum Gasteiger partial charge on any atom is 0.211 e. The van der Waals surface area contributed by atoms with Crippen LogP contribution in [0.1, 0.15) is 25.2 Å². The highest BCUT2D eigenvalue weighted by Crippen LogP contribution is 2.28. The number of hydrogen-bond donors (Lipinski definition) is 0. The lowest BCUT2D eigenvalue weighted by Gasteiger charge is -2.11. The van der Waals surface area contributed by atoms with Gasteiger partial charge in [-0.1, -0.05) is 30.0 Å². The lowest BCUT2D eigenvalue weighted by molar-refractivity contribution is 0.287. The summed E-state index contributed by atoms with van der Waals surface area (Å²) in [5, 5.41) is 13.6. The van der Waals surface area contributed by atoms with Crippen molar-refractivity contribution in [1.29, 1.82) is 0 Å². The van der Waals surface area contributed by atoms with Gasteiger partial charge in [0.15, 0.2) is 17.3 Å². The minimum atomic E-state index is 0.266. The maximum atomic E-state index is 5.79. The molecule has 0 N–H and O–H groups in total. The molecule has 3 aromatic rings. The van der Waals surface area contributed by atoms with E-state index in [1.54, 1.807) is 10.9 Å². The number of rotatable bonds is 10. The fourth-order valence-electron chi connectivity index (χ4n) is 2.57. The molecule has 1 heterocycles. The molecule has 0 bridgehead atoms. The van der Waals surface area contributed by atoms with E-state index in [2.05, 4.69) is 15.3 Å². The number of para-hydroxylation sites is 1. The third-order valence-corrected chi connectivity index (χ3v) is 4.48. The second-order valence-corrected chi connectivity index (χ2v) is 6.61. The molecular weight excluding hydrogens is 388 g/mol. The molecule has 1 aromatic heterocycles. The number of benzene rings is 2. The van der Waals surface area contributed by atoms with Crippen molar-refractivity contribution in [3.05, 3.63) is 59.9 Å². The second-order valence-electron chi connectivity index (χ2n) is 5.83. The molecule has 2 aromatic carbocycles. The van der Waals surface area contributed by atoms with Crippen molar-refractivity contribution in [2.24, 2.45) is 5.10 Å². The molecule has 0 aliphatic heterocycles. The first-order valence-corrected chi connectivity index (χ1v) is 10.6. The molecule has 0 fully saturated rings. The van der Waals surface area contributed by atoms with Gasteiger partial charge in [0, 0.05) is 0 Å². The summed E-state index contributed by atoms with van der Waals surface area (Å²) in [7, 11) is 0. The summed E-state index contributed by atoms with van der Waals surface area (Å²) in [5.41, 5.74) is 0.882. The fraction of sp³-hybridized carbons (Fsp3) is 0.286. The van der Waals surface area contributed by atoms with E-state index in [1.165, 1.54) is 11.8 Å². The first-order valence-electron chi connectivity index (χ1n) is 9.35. The third-order valence-electron chi connectivity index (χ3n) is 3.86. The van der Waals surface area contributed by atoms with Crippen molar-refractivity contribution >= 4 is 18.0 Å². The van der Waals surface area contributed by atoms with E-state index < -0.39 is 0 Å². The summed E-state index contributed by atoms with van der Waals surface area (Å²) in [6.07, 6.45) is 3.68. The van der Waals surface area contributed by atoms with Gasteiger partial charge in [0.05, 0.1) is 19.4 Å². The Hall–Kier alpha value is -3.00. The fourth-order valence-corrected chi connectivity index (χ4v) is 3.01. The lowest BCUT2D eigenvalue weighted by Crippen LogP contribution is -2.05. The zero-order valence-electron chi connectivity index (χ0n) is 16.7. The van der Waals surface area contributed by atoms with E-state index in [1.807, 2.05) is 68.6 Å². The Balaban J connectivity index is 1.80. The van der Waals surface area contributed by atoms with E-state index in [9.17, 15) is 0 Å². The molecule has 3 rings (SSSR count). The highest BCUT2D eigenvalue weighted by molar-refractivity contribution is 7.98. The minimum absolute atomic E-state index is 0.266. The van der Waals surface area contributed by atoms with Crippen LogP contribution >= 0.6 is 11.8 Å². The summed E-state index contributed by atoms with van der Waals surface area (Å²) in [6.45, 7) is 5.29. The summed E-state index contributed by atoms with van der Waals surface area (Å²) in [5.74, 6) is 2.80. The normalized spacial score (nSPS) is 11.0. The first kappa shape index (κ1) is 20.7. The predicted molar refractivity (Wildman–Crippen MR) is 114 cm³/mol. The largest absolute Gasteiger partial charge is 0.490 e. The molecule has 0 unspecified atom stereocenters. The maximum absolute atomic E-state index is 5.79. The summed E-state index contributed by atoms with van der Waals surface area (Å²) in [4.78, 5) is 0. The van der Waals surface area contributed by atoms with E-state index in [0.29, 0.717) is 29.9 Å².